The van der Waals surface area contributed by atoms with E-state index >= 15 is 0 Å². The zero-order valence-electron chi connectivity index (χ0n) is 12.5. The van der Waals surface area contributed by atoms with Crippen molar-refractivity contribution in [3.8, 4) is 0 Å². The summed E-state index contributed by atoms with van der Waals surface area (Å²) >= 11 is 0. The molecule has 7 nitrogen and oxygen atoms in total. The molecule has 2 bridgehead atoms. The molecule has 0 aliphatic carbocycles. The van der Waals surface area contributed by atoms with Crippen LogP contribution in [0.2, 0.25) is 0 Å². The Morgan fingerprint density at radius 3 is 2.87 bits per heavy atom. The number of ether oxygens (including phenoxy) is 1. The molecule has 2 fully saturated rings. The van der Waals surface area contributed by atoms with Crippen LogP contribution in [-0.4, -0.2) is 77.2 Å². The number of carbonyl (C=O) groups is 2. The van der Waals surface area contributed by atoms with Crippen molar-refractivity contribution in [1.82, 2.24) is 14.8 Å². The van der Waals surface area contributed by atoms with Gasteiger partial charge in [0.15, 0.2) is 0 Å². The summed E-state index contributed by atoms with van der Waals surface area (Å²) in [6.07, 6.45) is 2.39. The van der Waals surface area contributed by atoms with Gasteiger partial charge in [-0.15, -0.1) is 0 Å². The van der Waals surface area contributed by atoms with Crippen LogP contribution in [0.25, 0.3) is 0 Å². The highest BCUT2D eigenvalue weighted by Crippen LogP contribution is 2.21. The molecular formula is C15H18FN3O4. The SMILES string of the molecule is O=C(O)CN1C[C@@H]2COC[C@H](C1)N(C(=O)c1cncc(F)c1)C2. The monoisotopic (exact) mass is 323 g/mol. The summed E-state index contributed by atoms with van der Waals surface area (Å²) in [5.41, 5.74) is 0.197. The third-order valence-corrected chi connectivity index (χ3v) is 4.12. The van der Waals surface area contributed by atoms with Crippen LogP contribution in [0, 0.1) is 11.7 Å². The number of carboxylic acids is 1. The molecule has 23 heavy (non-hydrogen) atoms. The molecule has 2 atom stereocenters. The van der Waals surface area contributed by atoms with Gasteiger partial charge in [-0.3, -0.25) is 19.5 Å². The fourth-order valence-corrected chi connectivity index (χ4v) is 3.20. The maximum absolute atomic E-state index is 13.3. The van der Waals surface area contributed by atoms with Crippen molar-refractivity contribution in [2.75, 3.05) is 39.4 Å². The molecule has 3 heterocycles. The number of hydrogen-bond acceptors (Lipinski definition) is 5. The van der Waals surface area contributed by atoms with E-state index in [9.17, 15) is 14.0 Å². The molecule has 1 amide bonds. The number of pyridine rings is 1. The van der Waals surface area contributed by atoms with Crippen LogP contribution in [-0.2, 0) is 9.53 Å². The summed E-state index contributed by atoms with van der Waals surface area (Å²) in [5, 5.41) is 9.00. The summed E-state index contributed by atoms with van der Waals surface area (Å²) in [7, 11) is 0. The van der Waals surface area contributed by atoms with E-state index in [4.69, 9.17) is 9.84 Å². The fourth-order valence-electron chi connectivity index (χ4n) is 3.20. The first-order valence-corrected chi connectivity index (χ1v) is 7.46. The van der Waals surface area contributed by atoms with Crippen molar-refractivity contribution in [1.29, 1.82) is 0 Å². The maximum Gasteiger partial charge on any atom is 0.317 e. The smallest absolute Gasteiger partial charge is 0.317 e. The standard InChI is InChI=1S/C15H18FN3O4/c16-12-1-11(2-17-3-12)15(22)19-5-10-4-18(7-14(20)21)6-13(19)9-23-8-10/h1-3,10,13H,4-9H2,(H,20,21)/t10-,13-/m0/s1. The first-order chi connectivity index (χ1) is 11.0. The second-order valence-corrected chi connectivity index (χ2v) is 5.99. The minimum Gasteiger partial charge on any atom is -0.480 e. The van der Waals surface area contributed by atoms with Crippen LogP contribution in [0.15, 0.2) is 18.5 Å². The molecule has 3 rings (SSSR count). The average Bonchev–Trinajstić information content (AvgIpc) is 2.76. The van der Waals surface area contributed by atoms with Crippen molar-refractivity contribution in [3.63, 3.8) is 0 Å². The van der Waals surface area contributed by atoms with Gasteiger partial charge in [-0.1, -0.05) is 0 Å². The number of aromatic nitrogens is 1. The first-order valence-electron chi connectivity index (χ1n) is 7.46. The molecule has 8 heteroatoms. The summed E-state index contributed by atoms with van der Waals surface area (Å²) in [6.45, 7) is 2.23. The number of aliphatic carboxylic acids is 1. The number of rotatable bonds is 3. The predicted octanol–water partition coefficient (Wildman–Crippen LogP) is 0.0781. The van der Waals surface area contributed by atoms with Crippen LogP contribution < -0.4 is 0 Å². The zero-order valence-corrected chi connectivity index (χ0v) is 12.5. The number of nitrogens with zero attached hydrogens (tertiary/aromatic N) is 3. The van der Waals surface area contributed by atoms with E-state index in [0.717, 1.165) is 6.20 Å². The molecule has 1 N–H and O–H groups in total. The van der Waals surface area contributed by atoms with Crippen LogP contribution >= 0.6 is 0 Å². The van der Waals surface area contributed by atoms with Crippen molar-refractivity contribution in [2.24, 2.45) is 5.92 Å². The highest BCUT2D eigenvalue weighted by molar-refractivity contribution is 5.94. The normalized spacial score (nSPS) is 25.0. The zero-order chi connectivity index (χ0) is 16.4. The Labute approximate surface area is 132 Å². The molecule has 0 saturated carbocycles. The summed E-state index contributed by atoms with van der Waals surface area (Å²) in [5.74, 6) is -1.71. The van der Waals surface area contributed by atoms with E-state index < -0.39 is 11.8 Å². The molecule has 124 valence electrons. The average molecular weight is 323 g/mol. The Bertz CT molecular complexity index is 612. The third-order valence-electron chi connectivity index (χ3n) is 4.12. The van der Waals surface area contributed by atoms with Gasteiger partial charge in [0.1, 0.15) is 5.82 Å². The van der Waals surface area contributed by atoms with Gasteiger partial charge in [0, 0.05) is 31.7 Å². The number of amides is 1. The van der Waals surface area contributed by atoms with E-state index in [1.54, 1.807) is 4.90 Å². The van der Waals surface area contributed by atoms with E-state index in [2.05, 4.69) is 4.98 Å². The molecule has 0 radical (unpaired) electrons. The van der Waals surface area contributed by atoms with E-state index in [0.29, 0.717) is 32.8 Å². The lowest BCUT2D eigenvalue weighted by molar-refractivity contribution is -0.138. The number of carboxylic acid groups (broad SMARTS) is 1. The lowest BCUT2D eigenvalue weighted by Gasteiger charge is -2.30. The van der Waals surface area contributed by atoms with Crippen molar-refractivity contribution in [2.45, 2.75) is 6.04 Å². The van der Waals surface area contributed by atoms with E-state index in [1.807, 2.05) is 4.90 Å². The molecule has 2 saturated heterocycles. The Kier molecular flexibility index (Phi) is 4.53. The molecular weight excluding hydrogens is 305 g/mol. The molecule has 2 aliphatic heterocycles. The van der Waals surface area contributed by atoms with Gasteiger partial charge < -0.3 is 14.7 Å². The van der Waals surface area contributed by atoms with Crippen molar-refractivity contribution in [3.05, 3.63) is 29.8 Å². The van der Waals surface area contributed by atoms with Gasteiger partial charge in [-0.25, -0.2) is 4.39 Å². The number of halogens is 1. The molecule has 1 aromatic rings. The quantitative estimate of drug-likeness (QED) is 0.848. The van der Waals surface area contributed by atoms with Crippen LogP contribution in [0.5, 0.6) is 0 Å². The minimum atomic E-state index is -0.891. The summed E-state index contributed by atoms with van der Waals surface area (Å²) < 4.78 is 18.9. The van der Waals surface area contributed by atoms with Crippen molar-refractivity contribution >= 4 is 11.9 Å². The number of hydrogen-bond donors (Lipinski definition) is 1. The molecule has 1 aromatic heterocycles. The van der Waals surface area contributed by atoms with Crippen LogP contribution in [0.1, 0.15) is 10.4 Å². The Hall–Kier alpha value is -2.06. The van der Waals surface area contributed by atoms with Crippen molar-refractivity contribution < 1.29 is 23.8 Å². The minimum absolute atomic E-state index is 0.0346. The van der Waals surface area contributed by atoms with Gasteiger partial charge in [-0.2, -0.15) is 0 Å². The molecule has 0 unspecified atom stereocenters. The number of fused-ring (bicyclic) bond motifs is 3. The maximum atomic E-state index is 13.3. The van der Waals surface area contributed by atoms with Gasteiger partial charge >= 0.3 is 5.97 Å². The third kappa shape index (κ3) is 3.65. The lowest BCUT2D eigenvalue weighted by atomic mass is 10.1. The highest BCUT2D eigenvalue weighted by Gasteiger charge is 2.36. The van der Waals surface area contributed by atoms with Gasteiger partial charge in [0.05, 0.1) is 37.6 Å². The van der Waals surface area contributed by atoms with Crippen LogP contribution in [0.3, 0.4) is 0 Å². The molecule has 0 spiro atoms. The highest BCUT2D eigenvalue weighted by atomic mass is 19.1. The topological polar surface area (TPSA) is 83.0 Å². The van der Waals surface area contributed by atoms with Gasteiger partial charge in [-0.05, 0) is 6.07 Å². The first kappa shape index (κ1) is 15.8. The summed E-state index contributed by atoms with van der Waals surface area (Å²) in [4.78, 5) is 30.9. The lowest BCUT2D eigenvalue weighted by Crippen LogP contribution is -2.47. The Morgan fingerprint density at radius 1 is 1.30 bits per heavy atom. The Balaban J connectivity index is 1.82. The summed E-state index contributed by atoms with van der Waals surface area (Å²) in [6, 6.07) is 0.915. The Morgan fingerprint density at radius 2 is 2.13 bits per heavy atom. The number of carbonyl (C=O) groups excluding carboxylic acids is 1. The van der Waals surface area contributed by atoms with E-state index in [1.165, 1.54) is 12.3 Å². The second-order valence-electron chi connectivity index (χ2n) is 5.99. The van der Waals surface area contributed by atoms with Gasteiger partial charge in [0.25, 0.3) is 5.91 Å². The fraction of sp³-hybridized carbons (Fsp3) is 0.533. The predicted molar refractivity (Wildman–Crippen MR) is 77.4 cm³/mol. The molecule has 2 aliphatic rings. The van der Waals surface area contributed by atoms with E-state index in [-0.39, 0.29) is 30.0 Å². The largest absolute Gasteiger partial charge is 0.480 e. The second kappa shape index (κ2) is 6.59. The van der Waals surface area contributed by atoms with Gasteiger partial charge in [0.2, 0.25) is 0 Å². The molecule has 0 aromatic carbocycles. The van der Waals surface area contributed by atoms with Crippen LogP contribution in [0.4, 0.5) is 4.39 Å².